The minimum absolute atomic E-state index is 0.165. The first kappa shape index (κ1) is 12.8. The number of carbonyl (C=O) groups excluding carboxylic acids is 1. The van der Waals surface area contributed by atoms with E-state index in [9.17, 15) is 9.18 Å². The Kier molecular flexibility index (Phi) is 3.98. The van der Waals surface area contributed by atoms with E-state index in [2.05, 4.69) is 5.32 Å². The van der Waals surface area contributed by atoms with Crippen LogP contribution in [0.5, 0.6) is 0 Å². The molecule has 1 fully saturated rings. The van der Waals surface area contributed by atoms with Gasteiger partial charge in [-0.05, 0) is 47.7 Å². The lowest BCUT2D eigenvalue weighted by molar-refractivity contribution is 0.0738. The van der Waals surface area contributed by atoms with Gasteiger partial charge in [0.2, 0.25) is 0 Å². The number of carbonyl (C=O) groups is 1. The molecule has 1 aliphatic rings. The summed E-state index contributed by atoms with van der Waals surface area (Å²) in [7, 11) is 1.74. The third-order valence-corrected chi connectivity index (χ3v) is 3.98. The van der Waals surface area contributed by atoms with E-state index in [4.69, 9.17) is 0 Å². The van der Waals surface area contributed by atoms with E-state index in [-0.39, 0.29) is 17.5 Å². The standard InChI is InChI=1S/C12H14FIN2O/c1-16(8-5-6-15-7-8)12(17)11-9(13)3-2-4-10(11)14/h2-4,8,15H,5-7H2,1H3. The number of likely N-dealkylation sites (N-methyl/N-ethyl adjacent to an activating group) is 1. The van der Waals surface area contributed by atoms with Crippen LogP contribution < -0.4 is 5.32 Å². The van der Waals surface area contributed by atoms with Crippen molar-refractivity contribution in [2.75, 3.05) is 20.1 Å². The van der Waals surface area contributed by atoms with Gasteiger partial charge in [0.1, 0.15) is 5.82 Å². The van der Waals surface area contributed by atoms with Crippen LogP contribution in [0, 0.1) is 9.39 Å². The summed E-state index contributed by atoms with van der Waals surface area (Å²) in [6, 6.07) is 4.86. The van der Waals surface area contributed by atoms with Crippen molar-refractivity contribution in [2.24, 2.45) is 0 Å². The molecule has 0 aromatic heterocycles. The molecular formula is C12H14FIN2O. The average Bonchev–Trinajstić information content (AvgIpc) is 2.81. The van der Waals surface area contributed by atoms with Crippen molar-refractivity contribution in [1.29, 1.82) is 0 Å². The Hall–Kier alpha value is -0.690. The van der Waals surface area contributed by atoms with Crippen LogP contribution in [0.2, 0.25) is 0 Å². The zero-order valence-corrected chi connectivity index (χ0v) is 11.7. The van der Waals surface area contributed by atoms with Crippen molar-refractivity contribution in [3.63, 3.8) is 0 Å². The first-order valence-electron chi connectivity index (χ1n) is 5.53. The average molecular weight is 348 g/mol. The summed E-state index contributed by atoms with van der Waals surface area (Å²) in [5, 5.41) is 3.20. The van der Waals surface area contributed by atoms with E-state index in [0.717, 1.165) is 19.5 Å². The molecule has 1 unspecified atom stereocenters. The lowest BCUT2D eigenvalue weighted by Crippen LogP contribution is -2.39. The second-order valence-corrected chi connectivity index (χ2v) is 5.32. The van der Waals surface area contributed by atoms with Crippen molar-refractivity contribution in [3.8, 4) is 0 Å². The second kappa shape index (κ2) is 5.30. The van der Waals surface area contributed by atoms with Gasteiger partial charge >= 0.3 is 0 Å². The molecule has 5 heteroatoms. The van der Waals surface area contributed by atoms with E-state index in [1.54, 1.807) is 24.1 Å². The van der Waals surface area contributed by atoms with Crippen LogP contribution in [0.1, 0.15) is 16.8 Å². The minimum atomic E-state index is -0.445. The van der Waals surface area contributed by atoms with Gasteiger partial charge < -0.3 is 10.2 Å². The normalized spacial score (nSPS) is 19.4. The molecule has 1 aromatic rings. The Balaban J connectivity index is 2.24. The van der Waals surface area contributed by atoms with E-state index in [1.165, 1.54) is 6.07 Å². The third kappa shape index (κ3) is 2.60. The molecule has 1 atom stereocenters. The predicted molar refractivity (Wildman–Crippen MR) is 72.5 cm³/mol. The third-order valence-electron chi connectivity index (χ3n) is 3.08. The van der Waals surface area contributed by atoms with E-state index < -0.39 is 5.82 Å². The Morgan fingerprint density at radius 2 is 2.35 bits per heavy atom. The van der Waals surface area contributed by atoms with E-state index >= 15 is 0 Å². The van der Waals surface area contributed by atoms with Crippen LogP contribution in [-0.4, -0.2) is 37.0 Å². The molecule has 1 saturated heterocycles. The lowest BCUT2D eigenvalue weighted by atomic mass is 10.1. The molecule has 92 valence electrons. The minimum Gasteiger partial charge on any atom is -0.337 e. The molecule has 0 saturated carbocycles. The fourth-order valence-corrected chi connectivity index (χ4v) is 2.71. The number of nitrogens with one attached hydrogen (secondary N) is 1. The Bertz CT molecular complexity index is 412. The lowest BCUT2D eigenvalue weighted by Gasteiger charge is -2.24. The Labute approximate surface area is 114 Å². The fraction of sp³-hybridized carbons (Fsp3) is 0.417. The summed E-state index contributed by atoms with van der Waals surface area (Å²) in [4.78, 5) is 13.9. The number of halogens is 2. The SMILES string of the molecule is CN(C(=O)c1c(F)cccc1I)C1CCNC1. The number of hydrogen-bond donors (Lipinski definition) is 1. The monoisotopic (exact) mass is 348 g/mol. The fourth-order valence-electron chi connectivity index (χ4n) is 2.01. The van der Waals surface area contributed by atoms with Crippen molar-refractivity contribution in [2.45, 2.75) is 12.5 Å². The van der Waals surface area contributed by atoms with Crippen molar-refractivity contribution in [3.05, 3.63) is 33.1 Å². The summed E-state index contributed by atoms with van der Waals surface area (Å²) >= 11 is 1.99. The van der Waals surface area contributed by atoms with Gasteiger partial charge in [-0.25, -0.2) is 4.39 Å². The van der Waals surface area contributed by atoms with Gasteiger partial charge in [-0.1, -0.05) is 6.07 Å². The maximum atomic E-state index is 13.7. The highest BCUT2D eigenvalue weighted by atomic mass is 127. The number of nitrogens with zero attached hydrogens (tertiary/aromatic N) is 1. The summed E-state index contributed by atoms with van der Waals surface area (Å²) in [5.74, 6) is -0.680. The van der Waals surface area contributed by atoms with Gasteiger partial charge in [0.25, 0.3) is 5.91 Å². The smallest absolute Gasteiger partial charge is 0.257 e. The van der Waals surface area contributed by atoms with Crippen LogP contribution in [0.15, 0.2) is 18.2 Å². The Morgan fingerprint density at radius 3 is 2.94 bits per heavy atom. The summed E-state index contributed by atoms with van der Waals surface area (Å²) in [5.41, 5.74) is 0.183. The first-order chi connectivity index (χ1) is 8.11. The highest BCUT2D eigenvalue weighted by molar-refractivity contribution is 14.1. The quantitative estimate of drug-likeness (QED) is 0.828. The number of amides is 1. The maximum absolute atomic E-state index is 13.7. The second-order valence-electron chi connectivity index (χ2n) is 4.16. The van der Waals surface area contributed by atoms with E-state index in [0.29, 0.717) is 3.57 Å². The zero-order chi connectivity index (χ0) is 12.4. The van der Waals surface area contributed by atoms with Crippen LogP contribution in [0.4, 0.5) is 4.39 Å². The van der Waals surface area contributed by atoms with Gasteiger partial charge in [0, 0.05) is 23.2 Å². The van der Waals surface area contributed by atoms with Gasteiger partial charge in [-0.2, -0.15) is 0 Å². The molecule has 1 aliphatic heterocycles. The molecule has 1 heterocycles. The molecule has 2 rings (SSSR count). The van der Waals surface area contributed by atoms with Crippen molar-refractivity contribution in [1.82, 2.24) is 10.2 Å². The molecule has 0 spiro atoms. The molecule has 0 bridgehead atoms. The van der Waals surface area contributed by atoms with E-state index in [1.807, 2.05) is 22.6 Å². The van der Waals surface area contributed by atoms with Crippen molar-refractivity contribution < 1.29 is 9.18 Å². The van der Waals surface area contributed by atoms with Crippen LogP contribution in [-0.2, 0) is 0 Å². The first-order valence-corrected chi connectivity index (χ1v) is 6.61. The van der Waals surface area contributed by atoms with Gasteiger partial charge in [0.15, 0.2) is 0 Å². The molecule has 1 aromatic carbocycles. The number of rotatable bonds is 2. The molecule has 1 amide bonds. The molecule has 3 nitrogen and oxygen atoms in total. The number of hydrogen-bond acceptors (Lipinski definition) is 2. The summed E-state index contributed by atoms with van der Waals surface area (Å²) in [6.07, 6.45) is 0.924. The van der Waals surface area contributed by atoms with Gasteiger partial charge in [-0.15, -0.1) is 0 Å². The molecule has 0 aliphatic carbocycles. The topological polar surface area (TPSA) is 32.3 Å². The summed E-state index contributed by atoms with van der Waals surface area (Å²) in [6.45, 7) is 1.70. The highest BCUT2D eigenvalue weighted by Gasteiger charge is 2.26. The van der Waals surface area contributed by atoms with Gasteiger partial charge in [0.05, 0.1) is 5.56 Å². The maximum Gasteiger partial charge on any atom is 0.257 e. The molecule has 1 N–H and O–H groups in total. The van der Waals surface area contributed by atoms with Gasteiger partial charge in [-0.3, -0.25) is 4.79 Å². The molecule has 0 radical (unpaired) electrons. The predicted octanol–water partition coefficient (Wildman–Crippen LogP) is 1.86. The molecule has 17 heavy (non-hydrogen) atoms. The Morgan fingerprint density at radius 1 is 1.59 bits per heavy atom. The van der Waals surface area contributed by atoms with Crippen LogP contribution in [0.3, 0.4) is 0 Å². The van der Waals surface area contributed by atoms with Crippen LogP contribution in [0.25, 0.3) is 0 Å². The number of benzene rings is 1. The van der Waals surface area contributed by atoms with Crippen LogP contribution >= 0.6 is 22.6 Å². The molecular weight excluding hydrogens is 334 g/mol. The zero-order valence-electron chi connectivity index (χ0n) is 9.54. The summed E-state index contributed by atoms with van der Waals surface area (Å²) < 4.78 is 14.3. The highest BCUT2D eigenvalue weighted by Crippen LogP contribution is 2.19. The van der Waals surface area contributed by atoms with Crippen molar-refractivity contribution >= 4 is 28.5 Å². The largest absolute Gasteiger partial charge is 0.337 e.